The molecular weight excluding hydrogens is 369 g/mol. The van der Waals surface area contributed by atoms with E-state index in [2.05, 4.69) is 10.3 Å². The Morgan fingerprint density at radius 2 is 1.85 bits per heavy atom. The van der Waals surface area contributed by atoms with Gasteiger partial charge in [-0.2, -0.15) is 21.6 Å². The number of hydrogen-bond acceptors (Lipinski definition) is 4. The number of Topliss-reactive ketones (excluding diaryl/α,β-unsaturated/α-hetero) is 1. The van der Waals surface area contributed by atoms with Crippen molar-refractivity contribution in [2.45, 2.75) is 58.4 Å². The Labute approximate surface area is 151 Å². The third kappa shape index (κ3) is 2.90. The van der Waals surface area contributed by atoms with Crippen LogP contribution in [0.15, 0.2) is 23.5 Å². The lowest BCUT2D eigenvalue weighted by molar-refractivity contribution is -0.143. The van der Waals surface area contributed by atoms with Crippen LogP contribution in [0.3, 0.4) is 0 Å². The summed E-state index contributed by atoms with van der Waals surface area (Å²) in [4.78, 5) is 12.9. The van der Waals surface area contributed by atoms with Crippen molar-refractivity contribution in [3.05, 3.63) is 23.5 Å². The lowest BCUT2D eigenvalue weighted by Crippen LogP contribution is -2.51. The van der Waals surface area contributed by atoms with Crippen molar-refractivity contribution < 1.29 is 30.6 Å². The number of rotatable bonds is 2. The molecule has 3 aliphatic carbocycles. The van der Waals surface area contributed by atoms with Crippen molar-refractivity contribution in [1.29, 1.82) is 0 Å². The molecule has 26 heavy (non-hydrogen) atoms. The van der Waals surface area contributed by atoms with Crippen LogP contribution >= 0.6 is 0 Å². The van der Waals surface area contributed by atoms with Crippen LogP contribution in [-0.4, -0.2) is 19.7 Å². The third-order valence-corrected chi connectivity index (χ3v) is 7.45. The number of fused-ring (bicyclic) bond motifs is 3. The molecule has 4 atom stereocenters. The minimum absolute atomic E-state index is 0.0338. The molecule has 0 saturated heterocycles. The molecule has 0 amide bonds. The van der Waals surface area contributed by atoms with Gasteiger partial charge in [0.2, 0.25) is 0 Å². The summed E-state index contributed by atoms with van der Waals surface area (Å²) in [5.41, 5.74) is -5.62. The van der Waals surface area contributed by atoms with Crippen molar-refractivity contribution >= 4 is 15.9 Å². The predicted molar refractivity (Wildman–Crippen MR) is 89.2 cm³/mol. The first-order chi connectivity index (χ1) is 11.8. The Kier molecular flexibility index (Phi) is 4.37. The maximum Gasteiger partial charge on any atom is 0.534 e. The smallest absolute Gasteiger partial charge is 0.381 e. The molecule has 0 N–H and O–H groups in total. The molecule has 0 aliphatic heterocycles. The average Bonchev–Trinajstić information content (AvgIpc) is 2.74. The van der Waals surface area contributed by atoms with Gasteiger partial charge in [-0.3, -0.25) is 4.79 Å². The second-order valence-electron chi connectivity index (χ2n) is 8.34. The van der Waals surface area contributed by atoms with Crippen LogP contribution in [0.5, 0.6) is 0 Å². The summed E-state index contributed by atoms with van der Waals surface area (Å²) in [7, 11) is -5.75. The first-order valence-corrected chi connectivity index (χ1v) is 10.1. The van der Waals surface area contributed by atoms with Crippen molar-refractivity contribution in [1.82, 2.24) is 0 Å². The number of allylic oxidation sites excluding steroid dienone is 4. The number of carbonyl (C=O) groups excluding carboxylic acids is 1. The third-order valence-electron chi connectivity index (χ3n) is 6.48. The molecule has 0 aromatic heterocycles. The number of hydrogen-bond donors (Lipinski definition) is 0. The molecule has 0 radical (unpaired) electrons. The first kappa shape index (κ1) is 19.5. The molecular formula is C18H23F3O4S. The molecule has 0 aromatic carbocycles. The van der Waals surface area contributed by atoms with Crippen LogP contribution in [-0.2, 0) is 19.1 Å². The van der Waals surface area contributed by atoms with Gasteiger partial charge >= 0.3 is 15.6 Å². The second kappa shape index (κ2) is 5.84. The number of halogens is 3. The first-order valence-electron chi connectivity index (χ1n) is 8.70. The fourth-order valence-corrected chi connectivity index (χ4v) is 5.32. The van der Waals surface area contributed by atoms with E-state index in [4.69, 9.17) is 0 Å². The average molecular weight is 392 g/mol. The maximum atomic E-state index is 12.9. The van der Waals surface area contributed by atoms with Crippen molar-refractivity contribution in [2.24, 2.45) is 22.7 Å². The van der Waals surface area contributed by atoms with E-state index in [0.717, 1.165) is 6.42 Å². The van der Waals surface area contributed by atoms with E-state index in [1.807, 2.05) is 13.8 Å². The summed E-state index contributed by atoms with van der Waals surface area (Å²) < 4.78 is 66.0. The largest absolute Gasteiger partial charge is 0.534 e. The number of ketones is 1. The predicted octanol–water partition coefficient (Wildman–Crippen LogP) is 4.49. The van der Waals surface area contributed by atoms with Crippen LogP contribution in [0, 0.1) is 22.7 Å². The highest BCUT2D eigenvalue weighted by molar-refractivity contribution is 7.87. The minimum Gasteiger partial charge on any atom is -0.381 e. The van der Waals surface area contributed by atoms with Gasteiger partial charge in [-0.05, 0) is 50.0 Å². The molecule has 0 heterocycles. The molecule has 4 nitrogen and oxygen atoms in total. The van der Waals surface area contributed by atoms with E-state index in [1.165, 1.54) is 11.6 Å². The van der Waals surface area contributed by atoms with Gasteiger partial charge in [0.15, 0.2) is 0 Å². The highest BCUT2D eigenvalue weighted by Gasteiger charge is 2.61. The molecule has 0 spiro atoms. The highest BCUT2D eigenvalue weighted by Crippen LogP contribution is 2.61. The highest BCUT2D eigenvalue weighted by atomic mass is 32.2. The van der Waals surface area contributed by atoms with Crippen molar-refractivity contribution in [3.8, 4) is 0 Å². The van der Waals surface area contributed by atoms with Gasteiger partial charge in [-0.25, -0.2) is 0 Å². The van der Waals surface area contributed by atoms with Gasteiger partial charge in [-0.1, -0.05) is 25.5 Å². The van der Waals surface area contributed by atoms with E-state index in [1.54, 1.807) is 6.92 Å². The van der Waals surface area contributed by atoms with E-state index >= 15 is 0 Å². The molecule has 3 aliphatic rings. The van der Waals surface area contributed by atoms with E-state index in [-0.39, 0.29) is 23.9 Å². The van der Waals surface area contributed by atoms with Gasteiger partial charge in [0.25, 0.3) is 0 Å². The van der Waals surface area contributed by atoms with Crippen molar-refractivity contribution in [3.63, 3.8) is 0 Å². The quantitative estimate of drug-likeness (QED) is 0.395. The fraction of sp³-hybridized carbons (Fsp3) is 0.722. The Hall–Kier alpha value is -1.31. The summed E-state index contributed by atoms with van der Waals surface area (Å²) in [5, 5.41) is 0. The fourth-order valence-electron chi connectivity index (χ4n) is 4.80. The lowest BCUT2D eigenvalue weighted by Gasteiger charge is -2.51. The number of carbonyl (C=O) groups is 1. The van der Waals surface area contributed by atoms with Gasteiger partial charge in [0, 0.05) is 17.8 Å². The molecule has 1 saturated carbocycles. The Morgan fingerprint density at radius 3 is 2.46 bits per heavy atom. The molecule has 3 rings (SSSR count). The monoisotopic (exact) mass is 392 g/mol. The molecule has 0 unspecified atom stereocenters. The van der Waals surface area contributed by atoms with Crippen LogP contribution in [0.1, 0.15) is 52.9 Å². The maximum absolute atomic E-state index is 12.9. The van der Waals surface area contributed by atoms with E-state index in [9.17, 15) is 26.4 Å². The van der Waals surface area contributed by atoms with Crippen molar-refractivity contribution in [2.75, 3.05) is 0 Å². The van der Waals surface area contributed by atoms with E-state index in [0.29, 0.717) is 19.3 Å². The van der Waals surface area contributed by atoms with Crippen LogP contribution in [0.4, 0.5) is 13.2 Å². The lowest BCUT2D eigenvalue weighted by atomic mass is 9.52. The standard InChI is InChI=1S/C18H23F3O4S/c1-11-4-5-12-15-13(25-26(23,24)18(19,20)21)7-9-17(15,3)14(22)10-16(12,2)8-6-11/h6-7,12,15H,4-5,8-10H2,1-3H3/t12-,15+,16-,17+/m1/s1. The molecule has 146 valence electrons. The van der Waals surface area contributed by atoms with Gasteiger partial charge in [0.05, 0.1) is 0 Å². The molecule has 0 aromatic rings. The summed E-state index contributed by atoms with van der Waals surface area (Å²) in [6.45, 7) is 5.69. The topological polar surface area (TPSA) is 60.4 Å². The summed E-state index contributed by atoms with van der Waals surface area (Å²) >= 11 is 0. The Morgan fingerprint density at radius 1 is 1.19 bits per heavy atom. The van der Waals surface area contributed by atoms with Crippen LogP contribution in [0.2, 0.25) is 0 Å². The number of alkyl halides is 3. The summed E-state index contributed by atoms with van der Waals surface area (Å²) in [5.74, 6) is -1.01. The molecule has 8 heteroatoms. The van der Waals surface area contributed by atoms with Crippen LogP contribution in [0.25, 0.3) is 0 Å². The zero-order chi connectivity index (χ0) is 19.5. The molecule has 1 fully saturated rings. The second-order valence-corrected chi connectivity index (χ2v) is 9.88. The molecule has 0 bridgehead atoms. The van der Waals surface area contributed by atoms with E-state index < -0.39 is 32.4 Å². The van der Waals surface area contributed by atoms with Crippen LogP contribution < -0.4 is 0 Å². The van der Waals surface area contributed by atoms with Gasteiger partial charge in [-0.15, -0.1) is 0 Å². The zero-order valence-corrected chi connectivity index (χ0v) is 15.8. The zero-order valence-electron chi connectivity index (χ0n) is 15.0. The normalized spacial score (nSPS) is 38.0. The summed E-state index contributed by atoms with van der Waals surface area (Å²) in [6, 6.07) is 0. The SMILES string of the molecule is CC1=CC[C@]2(C)CC(=O)[C@]3(C)CC=C(OS(=O)(=O)C(F)(F)F)[C@@H]3[C@H]2CC1. The van der Waals surface area contributed by atoms with Gasteiger partial charge < -0.3 is 4.18 Å². The summed E-state index contributed by atoms with van der Waals surface area (Å²) in [6.07, 6.45) is 6.13. The minimum atomic E-state index is -5.75. The van der Waals surface area contributed by atoms with Gasteiger partial charge in [0.1, 0.15) is 11.5 Å². The Bertz CT molecular complexity index is 796. The Balaban J connectivity index is 2.00.